The van der Waals surface area contributed by atoms with Crippen LogP contribution >= 0.6 is 0 Å². The highest BCUT2D eigenvalue weighted by Crippen LogP contribution is 2.36. The summed E-state index contributed by atoms with van der Waals surface area (Å²) in [4.78, 5) is 2.46. The van der Waals surface area contributed by atoms with Crippen molar-refractivity contribution in [1.29, 1.82) is 0 Å². The minimum absolute atomic E-state index is 0.167. The smallest absolute Gasteiger partial charge is 0.161 e. The van der Waals surface area contributed by atoms with Crippen LogP contribution in [0.4, 0.5) is 0 Å². The standard InChI is InChI=1S/C18H28N2O2/c1-4-6-14-9-15(10-17(22-3)18(14)21)16(11-19)20-8-5-7-13(2)12-20/h4,9-10,13,16,21H,1,5-8,11-12,19H2,2-3H3. The monoisotopic (exact) mass is 304 g/mol. The van der Waals surface area contributed by atoms with Gasteiger partial charge in [-0.2, -0.15) is 0 Å². The van der Waals surface area contributed by atoms with Crippen molar-refractivity contribution in [3.63, 3.8) is 0 Å². The number of phenols is 1. The Morgan fingerprint density at radius 2 is 2.32 bits per heavy atom. The molecule has 0 saturated carbocycles. The molecule has 2 atom stereocenters. The predicted molar refractivity (Wildman–Crippen MR) is 90.3 cm³/mol. The van der Waals surface area contributed by atoms with Crippen LogP contribution in [0, 0.1) is 5.92 Å². The molecule has 1 aromatic rings. The summed E-state index contributed by atoms with van der Waals surface area (Å²) in [6, 6.07) is 4.12. The average Bonchev–Trinajstić information content (AvgIpc) is 2.51. The zero-order valence-electron chi connectivity index (χ0n) is 13.7. The van der Waals surface area contributed by atoms with E-state index < -0.39 is 0 Å². The van der Waals surface area contributed by atoms with Gasteiger partial charge >= 0.3 is 0 Å². The van der Waals surface area contributed by atoms with Crippen molar-refractivity contribution < 1.29 is 9.84 Å². The number of nitrogens with zero attached hydrogens (tertiary/aromatic N) is 1. The maximum Gasteiger partial charge on any atom is 0.161 e. The molecular weight excluding hydrogens is 276 g/mol. The van der Waals surface area contributed by atoms with Gasteiger partial charge in [0.05, 0.1) is 7.11 Å². The molecule has 0 bridgehead atoms. The summed E-state index contributed by atoms with van der Waals surface area (Å²) < 4.78 is 5.33. The molecule has 4 nitrogen and oxygen atoms in total. The predicted octanol–water partition coefficient (Wildman–Crippen LogP) is 2.86. The number of aromatic hydroxyl groups is 1. The van der Waals surface area contributed by atoms with Crippen LogP contribution in [0.1, 0.15) is 36.9 Å². The number of hydrogen-bond donors (Lipinski definition) is 2. The van der Waals surface area contributed by atoms with Gasteiger partial charge in [0, 0.05) is 24.7 Å². The van der Waals surface area contributed by atoms with E-state index in [2.05, 4.69) is 18.4 Å². The number of ether oxygens (including phenoxy) is 1. The molecule has 1 fully saturated rings. The highest BCUT2D eigenvalue weighted by atomic mass is 16.5. The Kier molecular flexibility index (Phi) is 5.86. The number of phenolic OH excluding ortho intramolecular Hbond substituents is 1. The van der Waals surface area contributed by atoms with Crippen LogP contribution < -0.4 is 10.5 Å². The number of methoxy groups -OCH3 is 1. The third kappa shape index (κ3) is 3.62. The van der Waals surface area contributed by atoms with Crippen LogP contribution in [0.2, 0.25) is 0 Å². The molecule has 22 heavy (non-hydrogen) atoms. The number of likely N-dealkylation sites (tertiary alicyclic amines) is 1. The first-order chi connectivity index (χ1) is 10.6. The van der Waals surface area contributed by atoms with Gasteiger partial charge in [-0.3, -0.25) is 4.90 Å². The van der Waals surface area contributed by atoms with Crippen molar-refractivity contribution in [2.75, 3.05) is 26.7 Å². The van der Waals surface area contributed by atoms with Gasteiger partial charge in [0.25, 0.3) is 0 Å². The van der Waals surface area contributed by atoms with E-state index >= 15 is 0 Å². The molecule has 4 heteroatoms. The Morgan fingerprint density at radius 3 is 2.91 bits per heavy atom. The lowest BCUT2D eigenvalue weighted by molar-refractivity contribution is 0.133. The number of hydrogen-bond acceptors (Lipinski definition) is 4. The second-order valence-corrected chi connectivity index (χ2v) is 6.22. The van der Waals surface area contributed by atoms with Crippen molar-refractivity contribution >= 4 is 0 Å². The number of nitrogens with two attached hydrogens (primary N) is 1. The highest BCUT2D eigenvalue weighted by molar-refractivity contribution is 5.50. The second-order valence-electron chi connectivity index (χ2n) is 6.22. The van der Waals surface area contributed by atoms with Gasteiger partial charge in [0.15, 0.2) is 11.5 Å². The highest BCUT2D eigenvalue weighted by Gasteiger charge is 2.25. The fraction of sp³-hybridized carbons (Fsp3) is 0.556. The molecule has 1 aliphatic heterocycles. The summed E-state index contributed by atoms with van der Waals surface area (Å²) in [5.41, 5.74) is 8.02. The molecule has 0 amide bonds. The Hall–Kier alpha value is -1.52. The lowest BCUT2D eigenvalue weighted by Gasteiger charge is -2.37. The molecule has 0 aromatic heterocycles. The Bertz CT molecular complexity index is 516. The lowest BCUT2D eigenvalue weighted by atomic mass is 9.94. The topological polar surface area (TPSA) is 58.7 Å². The van der Waals surface area contributed by atoms with E-state index in [0.29, 0.717) is 24.6 Å². The number of rotatable bonds is 6. The van der Waals surface area contributed by atoms with Crippen molar-refractivity contribution in [3.05, 3.63) is 35.9 Å². The molecule has 122 valence electrons. The number of benzene rings is 1. The van der Waals surface area contributed by atoms with Gasteiger partial charge in [-0.15, -0.1) is 6.58 Å². The van der Waals surface area contributed by atoms with E-state index in [9.17, 15) is 5.11 Å². The van der Waals surface area contributed by atoms with Crippen LogP contribution in [-0.4, -0.2) is 36.8 Å². The van der Waals surface area contributed by atoms with E-state index in [4.69, 9.17) is 10.5 Å². The maximum atomic E-state index is 10.2. The van der Waals surface area contributed by atoms with Crippen LogP contribution in [0.15, 0.2) is 24.8 Å². The molecule has 2 unspecified atom stereocenters. The van der Waals surface area contributed by atoms with E-state index in [-0.39, 0.29) is 11.8 Å². The van der Waals surface area contributed by atoms with Gasteiger partial charge < -0.3 is 15.6 Å². The first-order valence-electron chi connectivity index (χ1n) is 8.05. The third-order valence-electron chi connectivity index (χ3n) is 4.50. The summed E-state index contributed by atoms with van der Waals surface area (Å²) in [7, 11) is 1.58. The fourth-order valence-corrected chi connectivity index (χ4v) is 3.35. The largest absolute Gasteiger partial charge is 0.504 e. The second kappa shape index (κ2) is 7.65. The summed E-state index contributed by atoms with van der Waals surface area (Å²) in [6.45, 7) is 8.76. The van der Waals surface area contributed by atoms with Gasteiger partial charge in [0.1, 0.15) is 0 Å². The Balaban J connectivity index is 2.35. The third-order valence-corrected chi connectivity index (χ3v) is 4.50. The van der Waals surface area contributed by atoms with Crippen LogP contribution in [0.3, 0.4) is 0 Å². The van der Waals surface area contributed by atoms with Crippen LogP contribution in [0.5, 0.6) is 11.5 Å². The normalized spacial score (nSPS) is 20.6. The van der Waals surface area contributed by atoms with Crippen molar-refractivity contribution in [2.24, 2.45) is 11.7 Å². The Morgan fingerprint density at radius 1 is 1.55 bits per heavy atom. The van der Waals surface area contributed by atoms with E-state index in [1.165, 1.54) is 12.8 Å². The molecular formula is C18H28N2O2. The van der Waals surface area contributed by atoms with E-state index in [1.54, 1.807) is 13.2 Å². The molecule has 1 heterocycles. The van der Waals surface area contributed by atoms with Gasteiger partial charge in [0.2, 0.25) is 0 Å². The van der Waals surface area contributed by atoms with Crippen molar-refractivity contribution in [2.45, 2.75) is 32.2 Å². The summed E-state index contributed by atoms with van der Waals surface area (Å²) in [5, 5.41) is 10.2. The van der Waals surface area contributed by atoms with E-state index in [0.717, 1.165) is 24.2 Å². The minimum atomic E-state index is 0.167. The number of piperidine rings is 1. The lowest BCUT2D eigenvalue weighted by Crippen LogP contribution is -2.40. The zero-order chi connectivity index (χ0) is 16.1. The molecule has 1 aliphatic rings. The van der Waals surface area contributed by atoms with E-state index in [1.807, 2.05) is 12.1 Å². The SMILES string of the molecule is C=CCc1cc(C(CN)N2CCCC(C)C2)cc(OC)c1O. The van der Waals surface area contributed by atoms with Gasteiger partial charge in [-0.1, -0.05) is 13.0 Å². The molecule has 0 radical (unpaired) electrons. The summed E-state index contributed by atoms with van der Waals surface area (Å²) in [6.07, 6.45) is 4.91. The first-order valence-corrected chi connectivity index (χ1v) is 8.05. The quantitative estimate of drug-likeness (QED) is 0.793. The average molecular weight is 304 g/mol. The zero-order valence-corrected chi connectivity index (χ0v) is 13.7. The molecule has 2 rings (SSSR count). The van der Waals surface area contributed by atoms with Crippen molar-refractivity contribution in [3.8, 4) is 11.5 Å². The van der Waals surface area contributed by atoms with Crippen LogP contribution in [-0.2, 0) is 6.42 Å². The summed E-state index contributed by atoms with van der Waals surface area (Å²) in [5.74, 6) is 1.42. The first kappa shape index (κ1) is 16.8. The van der Waals surface area contributed by atoms with Gasteiger partial charge in [-0.05, 0) is 49.4 Å². The molecule has 0 aliphatic carbocycles. The molecule has 0 spiro atoms. The number of allylic oxidation sites excluding steroid dienone is 1. The maximum absolute atomic E-state index is 10.2. The minimum Gasteiger partial charge on any atom is -0.504 e. The molecule has 1 aromatic carbocycles. The fourth-order valence-electron chi connectivity index (χ4n) is 3.35. The summed E-state index contributed by atoms with van der Waals surface area (Å²) >= 11 is 0. The van der Waals surface area contributed by atoms with Crippen molar-refractivity contribution in [1.82, 2.24) is 4.90 Å². The van der Waals surface area contributed by atoms with Crippen LogP contribution in [0.25, 0.3) is 0 Å². The van der Waals surface area contributed by atoms with Gasteiger partial charge in [-0.25, -0.2) is 0 Å². The molecule has 1 saturated heterocycles. The molecule has 3 N–H and O–H groups in total. The Labute approximate surface area is 133 Å².